The van der Waals surface area contributed by atoms with Gasteiger partial charge in [0, 0.05) is 38.3 Å². The number of nitrogens with zero attached hydrogens (tertiary/aromatic N) is 2. The number of carbonyl (C=O) groups excluding carboxylic acids is 1. The molecule has 0 bridgehead atoms. The molecular weight excluding hydrogens is 372 g/mol. The molecule has 2 aromatic rings. The van der Waals surface area contributed by atoms with Gasteiger partial charge >= 0.3 is 0 Å². The molecule has 26 heavy (non-hydrogen) atoms. The van der Waals surface area contributed by atoms with Gasteiger partial charge in [0.1, 0.15) is 0 Å². The van der Waals surface area contributed by atoms with E-state index in [0.29, 0.717) is 22.7 Å². The molecule has 0 aliphatic carbocycles. The Bertz CT molecular complexity index is 940. The minimum absolute atomic E-state index is 0.155. The predicted octanol–water partition coefficient (Wildman–Crippen LogP) is 3.48. The lowest BCUT2D eigenvalue weighted by Crippen LogP contribution is -2.28. The van der Waals surface area contributed by atoms with E-state index in [2.05, 4.69) is 0 Å². The second-order valence-corrected chi connectivity index (χ2v) is 9.05. The van der Waals surface area contributed by atoms with Crippen LogP contribution in [0.5, 0.6) is 0 Å². The molecule has 0 spiro atoms. The highest BCUT2D eigenvalue weighted by Crippen LogP contribution is 2.24. The molecule has 0 N–H and O–H groups in total. The number of sulfonamides is 1. The Kier molecular flexibility index (Phi) is 6.11. The average Bonchev–Trinajstić information content (AvgIpc) is 2.56. The predicted molar refractivity (Wildman–Crippen MR) is 104 cm³/mol. The molecule has 140 valence electrons. The maximum absolute atomic E-state index is 12.8. The van der Waals surface area contributed by atoms with Crippen molar-refractivity contribution in [2.24, 2.45) is 0 Å². The number of aryl methyl sites for hydroxylation is 1. The number of carbonyl (C=O) groups is 1. The Balaban J connectivity index is 2.39. The van der Waals surface area contributed by atoms with E-state index < -0.39 is 10.0 Å². The third kappa shape index (κ3) is 4.26. The fourth-order valence-corrected chi connectivity index (χ4v) is 4.05. The van der Waals surface area contributed by atoms with E-state index in [1.54, 1.807) is 44.0 Å². The number of amides is 1. The lowest BCUT2D eigenvalue weighted by Gasteiger charge is -2.20. The third-order valence-corrected chi connectivity index (χ3v) is 6.46. The summed E-state index contributed by atoms with van der Waals surface area (Å²) in [5, 5.41) is 0.605. The Morgan fingerprint density at radius 3 is 2.31 bits per heavy atom. The van der Waals surface area contributed by atoms with Gasteiger partial charge in [0.2, 0.25) is 10.0 Å². The van der Waals surface area contributed by atoms with E-state index in [4.69, 9.17) is 11.6 Å². The fourth-order valence-electron chi connectivity index (χ4n) is 2.62. The molecule has 0 aliphatic heterocycles. The standard InChI is InChI=1S/C19H23ClN2O3S/c1-13-9-16(11-18(14(13)2)26(24,25)21(3)4)19(23)22(5)12-15-7-6-8-17(20)10-15/h6-11H,12H2,1-5H3. The van der Waals surface area contributed by atoms with Gasteiger partial charge in [-0.3, -0.25) is 4.79 Å². The second kappa shape index (κ2) is 7.78. The number of halogens is 1. The highest BCUT2D eigenvalue weighted by molar-refractivity contribution is 7.89. The van der Waals surface area contributed by atoms with Gasteiger partial charge in [0.25, 0.3) is 5.91 Å². The first-order valence-corrected chi connectivity index (χ1v) is 9.89. The zero-order valence-electron chi connectivity index (χ0n) is 15.6. The van der Waals surface area contributed by atoms with Crippen molar-refractivity contribution in [3.63, 3.8) is 0 Å². The van der Waals surface area contributed by atoms with Gasteiger partial charge in [-0.2, -0.15) is 0 Å². The van der Waals surface area contributed by atoms with Crippen molar-refractivity contribution in [1.29, 1.82) is 0 Å². The normalized spacial score (nSPS) is 11.7. The van der Waals surface area contributed by atoms with Crippen molar-refractivity contribution < 1.29 is 13.2 Å². The molecule has 2 aromatic carbocycles. The number of benzene rings is 2. The zero-order chi connectivity index (χ0) is 19.6. The van der Waals surface area contributed by atoms with Gasteiger partial charge in [-0.1, -0.05) is 23.7 Å². The first-order valence-electron chi connectivity index (χ1n) is 8.07. The summed E-state index contributed by atoms with van der Waals surface area (Å²) in [5.41, 5.74) is 2.65. The summed E-state index contributed by atoms with van der Waals surface area (Å²) in [6, 6.07) is 10.5. The SMILES string of the molecule is Cc1cc(C(=O)N(C)Cc2cccc(Cl)c2)cc(S(=O)(=O)N(C)C)c1C. The smallest absolute Gasteiger partial charge is 0.253 e. The van der Waals surface area contributed by atoms with Crippen molar-refractivity contribution in [3.8, 4) is 0 Å². The van der Waals surface area contributed by atoms with Crippen molar-refractivity contribution in [1.82, 2.24) is 9.21 Å². The molecule has 0 unspecified atom stereocenters. The molecule has 7 heteroatoms. The Morgan fingerprint density at radius 1 is 1.08 bits per heavy atom. The molecule has 0 saturated carbocycles. The Morgan fingerprint density at radius 2 is 1.73 bits per heavy atom. The van der Waals surface area contributed by atoms with Crippen molar-refractivity contribution in [2.75, 3.05) is 21.1 Å². The number of hydrogen-bond acceptors (Lipinski definition) is 3. The molecule has 0 radical (unpaired) electrons. The molecule has 5 nitrogen and oxygen atoms in total. The van der Waals surface area contributed by atoms with Crippen molar-refractivity contribution in [3.05, 3.63) is 63.7 Å². The molecule has 0 aliphatic rings. The van der Waals surface area contributed by atoms with Gasteiger partial charge in [-0.05, 0) is 54.8 Å². The van der Waals surface area contributed by atoms with E-state index in [1.807, 2.05) is 12.1 Å². The first kappa shape index (κ1) is 20.4. The summed E-state index contributed by atoms with van der Waals surface area (Å²) in [4.78, 5) is 14.5. The molecule has 0 saturated heterocycles. The van der Waals surface area contributed by atoms with Crippen LogP contribution in [0.1, 0.15) is 27.0 Å². The van der Waals surface area contributed by atoms with Gasteiger partial charge < -0.3 is 4.90 Å². The van der Waals surface area contributed by atoms with Gasteiger partial charge in [-0.25, -0.2) is 12.7 Å². The van der Waals surface area contributed by atoms with Crippen molar-refractivity contribution in [2.45, 2.75) is 25.3 Å². The maximum Gasteiger partial charge on any atom is 0.253 e. The summed E-state index contributed by atoms with van der Waals surface area (Å²) in [6.07, 6.45) is 0. The van der Waals surface area contributed by atoms with Crippen LogP contribution in [0.25, 0.3) is 0 Å². The van der Waals surface area contributed by atoms with Crippen LogP contribution in [0.15, 0.2) is 41.3 Å². The van der Waals surface area contributed by atoms with Crippen LogP contribution in [0, 0.1) is 13.8 Å². The van der Waals surface area contributed by atoms with Gasteiger partial charge in [-0.15, -0.1) is 0 Å². The van der Waals surface area contributed by atoms with E-state index in [9.17, 15) is 13.2 Å². The van der Waals surface area contributed by atoms with Crippen LogP contribution in [0.2, 0.25) is 5.02 Å². The molecule has 0 heterocycles. The van der Waals surface area contributed by atoms with Crippen LogP contribution in [0.3, 0.4) is 0 Å². The van der Waals surface area contributed by atoms with Crippen LogP contribution in [0.4, 0.5) is 0 Å². The lowest BCUT2D eigenvalue weighted by molar-refractivity contribution is 0.0784. The zero-order valence-corrected chi connectivity index (χ0v) is 17.1. The minimum Gasteiger partial charge on any atom is -0.337 e. The van der Waals surface area contributed by atoms with Crippen LogP contribution in [-0.4, -0.2) is 44.7 Å². The fraction of sp³-hybridized carbons (Fsp3) is 0.316. The number of rotatable bonds is 5. The summed E-state index contributed by atoms with van der Waals surface area (Å²) in [5.74, 6) is -0.247. The topological polar surface area (TPSA) is 57.7 Å². The summed E-state index contributed by atoms with van der Waals surface area (Å²) >= 11 is 5.99. The van der Waals surface area contributed by atoms with Gasteiger partial charge in [0.05, 0.1) is 4.90 Å². The van der Waals surface area contributed by atoms with E-state index in [1.165, 1.54) is 20.2 Å². The molecule has 2 rings (SSSR count). The molecule has 0 fully saturated rings. The van der Waals surface area contributed by atoms with Crippen LogP contribution >= 0.6 is 11.6 Å². The second-order valence-electron chi connectivity index (χ2n) is 6.49. The Labute approximate surface area is 160 Å². The minimum atomic E-state index is -3.63. The van der Waals surface area contributed by atoms with E-state index in [-0.39, 0.29) is 10.8 Å². The maximum atomic E-state index is 12.8. The lowest BCUT2D eigenvalue weighted by atomic mass is 10.1. The summed E-state index contributed by atoms with van der Waals surface area (Å²) in [7, 11) is 1.00. The first-order chi connectivity index (χ1) is 12.0. The number of hydrogen-bond donors (Lipinski definition) is 0. The highest BCUT2D eigenvalue weighted by atomic mass is 35.5. The third-order valence-electron chi connectivity index (χ3n) is 4.28. The summed E-state index contributed by atoms with van der Waals surface area (Å²) in [6.45, 7) is 3.93. The van der Waals surface area contributed by atoms with Crippen molar-refractivity contribution >= 4 is 27.5 Å². The quantitative estimate of drug-likeness (QED) is 0.780. The van der Waals surface area contributed by atoms with Crippen LogP contribution < -0.4 is 0 Å². The Hall–Kier alpha value is -1.89. The van der Waals surface area contributed by atoms with E-state index in [0.717, 1.165) is 15.4 Å². The largest absolute Gasteiger partial charge is 0.337 e. The van der Waals surface area contributed by atoms with Gasteiger partial charge in [0.15, 0.2) is 0 Å². The molecule has 0 aromatic heterocycles. The summed E-state index contributed by atoms with van der Waals surface area (Å²) < 4.78 is 26.3. The molecular formula is C19H23ClN2O3S. The average molecular weight is 395 g/mol. The molecule has 1 amide bonds. The molecule has 0 atom stereocenters. The van der Waals surface area contributed by atoms with E-state index >= 15 is 0 Å². The highest BCUT2D eigenvalue weighted by Gasteiger charge is 2.24. The monoisotopic (exact) mass is 394 g/mol. The van der Waals surface area contributed by atoms with Crippen LogP contribution in [-0.2, 0) is 16.6 Å².